The maximum absolute atomic E-state index is 10.5. The van der Waals surface area contributed by atoms with Crippen molar-refractivity contribution in [1.82, 2.24) is 4.57 Å². The zero-order chi connectivity index (χ0) is 48.9. The minimum Gasteiger partial charge on any atom is -0.456 e. The van der Waals surface area contributed by atoms with Crippen LogP contribution in [0.4, 0.5) is 0 Å². The number of hydrogen-bond donors (Lipinski definition) is 0. The summed E-state index contributed by atoms with van der Waals surface area (Å²) in [6.07, 6.45) is 0. The molecule has 9 aromatic rings. The highest BCUT2D eigenvalue weighted by atomic mass is 32.2. The quantitative estimate of drug-likeness (QED) is 0.131. The minimum atomic E-state index is -3.87. The normalized spacial score (nSPS) is 17.2. The van der Waals surface area contributed by atoms with Gasteiger partial charge < -0.3 is 9.30 Å². The monoisotopic (exact) mass is 725 g/mol. The summed E-state index contributed by atoms with van der Waals surface area (Å²) in [6, 6.07) is 21.4. The van der Waals surface area contributed by atoms with Gasteiger partial charge in [-0.2, -0.15) is 11.6 Å². The van der Waals surface area contributed by atoms with Gasteiger partial charge in [-0.3, -0.25) is 0 Å². The van der Waals surface area contributed by atoms with E-state index in [9.17, 15) is 11.0 Å². The van der Waals surface area contributed by atoms with Crippen LogP contribution in [0.2, 0.25) is 0 Å². The second-order valence-electron chi connectivity index (χ2n) is 12.7. The highest BCUT2D eigenvalue weighted by molar-refractivity contribution is 8.28. The van der Waals surface area contributed by atoms with Crippen LogP contribution in [0.25, 0.3) is 38.6 Å². The Labute approximate surface area is 336 Å². The number of aromatic nitrogens is 1. The molecular formula is C48H32BNOSSi. The van der Waals surface area contributed by atoms with Crippen molar-refractivity contribution in [3.05, 3.63) is 194 Å². The van der Waals surface area contributed by atoms with Gasteiger partial charge in [0.05, 0.1) is 38.7 Å². The predicted molar refractivity (Wildman–Crippen MR) is 227 cm³/mol. The summed E-state index contributed by atoms with van der Waals surface area (Å²) in [7, 11) is -3.87. The zero-order valence-corrected chi connectivity index (χ0v) is 29.4. The first kappa shape index (κ1) is 18.7. The van der Waals surface area contributed by atoms with Crippen molar-refractivity contribution in [3.63, 3.8) is 0 Å². The average molecular weight is 726 g/mol. The van der Waals surface area contributed by atoms with Gasteiger partial charge in [0.1, 0.15) is 11.5 Å². The lowest BCUT2D eigenvalue weighted by molar-refractivity contribution is 0.486. The SMILES string of the molecule is [2H]c1cc2c(c(-n3c4c([2H])c([2H])c([2H])c([2H])c4c4c([2H])c([2H])c([2H])c([2H])c43)c1[2H])Oc1c([2H])c([Si](c3ccccc3)(c3ccccc3)c3ccccc3)c([2H])c3c1B2Sc1c([2H])c([2H])c([2H])c([2H])c1-3. The van der Waals surface area contributed by atoms with Crippen LogP contribution in [0, 0.1) is 0 Å². The Morgan fingerprint density at radius 2 is 1.11 bits per heavy atom. The van der Waals surface area contributed by atoms with E-state index >= 15 is 0 Å². The third-order valence-electron chi connectivity index (χ3n) is 10.0. The standard InChI is InChI=1S/C48H32BNOSSi/c1-4-17-33(18-5-1)53(34-19-6-2-7-20-34,35-21-8-3-9-22-35)36-31-40-39-25-12-15-30-46(39)52-49-41-26-16-29-44(48(41)51-45(32-36)47(40)49)50-42-27-13-10-23-37(42)38-24-11-14-28-43(38)50/h1-32H/i10D,11D,12D,13D,14D,15D,16D,23D,24D,25D,27D,28D,29D,30D,31D,32D. The fourth-order valence-corrected chi connectivity index (χ4v) is 13.7. The molecule has 8 aromatic carbocycles. The third-order valence-corrected chi connectivity index (χ3v) is 15.9. The first-order valence-corrected chi connectivity index (χ1v) is 19.8. The van der Waals surface area contributed by atoms with Gasteiger partial charge in [-0.15, -0.1) is 0 Å². The van der Waals surface area contributed by atoms with Crippen molar-refractivity contribution in [2.75, 3.05) is 0 Å². The van der Waals surface area contributed by atoms with E-state index in [0.29, 0.717) is 0 Å². The van der Waals surface area contributed by atoms with E-state index in [1.54, 1.807) is 0 Å². The van der Waals surface area contributed by atoms with Crippen LogP contribution >= 0.6 is 11.6 Å². The van der Waals surface area contributed by atoms with Gasteiger partial charge in [0.25, 0.3) is 5.99 Å². The second kappa shape index (κ2) is 12.0. The van der Waals surface area contributed by atoms with E-state index in [1.165, 1.54) is 6.07 Å². The molecule has 248 valence electrons. The van der Waals surface area contributed by atoms with Crippen molar-refractivity contribution in [2.24, 2.45) is 0 Å². The Balaban J connectivity index is 1.36. The maximum atomic E-state index is 10.5. The maximum Gasteiger partial charge on any atom is 0.289 e. The van der Waals surface area contributed by atoms with Crippen LogP contribution in [0.15, 0.2) is 199 Å². The molecule has 5 heteroatoms. The van der Waals surface area contributed by atoms with Crippen LogP contribution in [0.1, 0.15) is 21.9 Å². The first-order valence-electron chi connectivity index (χ1n) is 24.9. The molecule has 1 aromatic heterocycles. The first-order chi connectivity index (χ1) is 33.0. The largest absolute Gasteiger partial charge is 0.456 e. The lowest BCUT2D eigenvalue weighted by Crippen LogP contribution is -2.75. The molecule has 0 amide bonds. The van der Waals surface area contributed by atoms with Crippen molar-refractivity contribution < 1.29 is 26.7 Å². The molecule has 0 fully saturated rings. The van der Waals surface area contributed by atoms with E-state index in [1.807, 2.05) is 91.0 Å². The number of hydrogen-bond acceptors (Lipinski definition) is 2. The molecule has 0 bridgehead atoms. The Morgan fingerprint density at radius 1 is 0.547 bits per heavy atom. The fraction of sp³-hybridized carbons (Fsp3) is 0. The average Bonchev–Trinajstić information content (AvgIpc) is 3.72. The molecule has 0 spiro atoms. The highest BCUT2D eigenvalue weighted by Crippen LogP contribution is 2.45. The van der Waals surface area contributed by atoms with Crippen LogP contribution in [-0.4, -0.2) is 18.6 Å². The molecule has 11 rings (SSSR count). The number of para-hydroxylation sites is 3. The van der Waals surface area contributed by atoms with Crippen molar-refractivity contribution in [2.45, 2.75) is 4.90 Å². The molecule has 2 aliphatic rings. The predicted octanol–water partition coefficient (Wildman–Crippen LogP) is 8.15. The summed E-state index contributed by atoms with van der Waals surface area (Å²) >= 11 is 0.995. The number of fused-ring (bicyclic) bond motifs is 7. The molecule has 2 nitrogen and oxygen atoms in total. The van der Waals surface area contributed by atoms with E-state index < -0.39 is 92.6 Å². The smallest absolute Gasteiger partial charge is 0.289 e. The topological polar surface area (TPSA) is 14.2 Å². The highest BCUT2D eigenvalue weighted by Gasteiger charge is 2.45. The summed E-state index contributed by atoms with van der Waals surface area (Å²) in [5.41, 5.74) is -0.450. The Bertz CT molecular complexity index is 3590. The van der Waals surface area contributed by atoms with Crippen LogP contribution in [-0.2, 0) is 0 Å². The molecular weight excluding hydrogens is 677 g/mol. The Hall–Kier alpha value is -6.01. The molecule has 0 radical (unpaired) electrons. The van der Waals surface area contributed by atoms with E-state index in [4.69, 9.17) is 15.7 Å². The molecule has 0 atom stereocenters. The van der Waals surface area contributed by atoms with Crippen molar-refractivity contribution in [3.8, 4) is 28.3 Å². The van der Waals surface area contributed by atoms with Gasteiger partial charge >= 0.3 is 0 Å². The lowest BCUT2D eigenvalue weighted by Gasteiger charge is -2.38. The summed E-state index contributed by atoms with van der Waals surface area (Å²) < 4.78 is 156. The summed E-state index contributed by atoms with van der Waals surface area (Å²) in [5.74, 6) is -1.39. The van der Waals surface area contributed by atoms with Gasteiger partial charge in [-0.25, -0.2) is 0 Å². The van der Waals surface area contributed by atoms with E-state index in [0.717, 1.165) is 31.7 Å². The number of benzene rings is 8. The lowest BCUT2D eigenvalue weighted by atomic mass is 9.57. The molecule has 0 unspecified atom stereocenters. The molecule has 0 saturated heterocycles. The Morgan fingerprint density at radius 3 is 1.74 bits per heavy atom. The summed E-state index contributed by atoms with van der Waals surface area (Å²) in [5, 5.41) is 2.06. The number of nitrogens with zero attached hydrogens (tertiary/aromatic N) is 1. The Kier molecular flexibility index (Phi) is 4.23. The second-order valence-corrected chi connectivity index (χ2v) is 17.6. The minimum absolute atomic E-state index is 0.0340. The summed E-state index contributed by atoms with van der Waals surface area (Å²) in [6.45, 7) is 0. The third kappa shape index (κ3) is 4.48. The molecule has 0 N–H and O–H groups in total. The molecule has 2 aliphatic heterocycles. The van der Waals surface area contributed by atoms with E-state index in [2.05, 4.69) is 0 Å². The van der Waals surface area contributed by atoms with Gasteiger partial charge in [-0.05, 0) is 73.0 Å². The molecule has 3 heterocycles. The van der Waals surface area contributed by atoms with Crippen LogP contribution < -0.4 is 36.4 Å². The van der Waals surface area contributed by atoms with Gasteiger partial charge in [0.15, 0.2) is 8.07 Å². The fourth-order valence-electron chi connectivity index (χ4n) is 7.84. The van der Waals surface area contributed by atoms with Crippen LogP contribution in [0.3, 0.4) is 0 Å². The summed E-state index contributed by atoms with van der Waals surface area (Å²) in [4.78, 5) is 0.0870. The van der Waals surface area contributed by atoms with Gasteiger partial charge in [-0.1, -0.05) is 164 Å². The zero-order valence-electron chi connectivity index (χ0n) is 43.6. The van der Waals surface area contributed by atoms with E-state index in [-0.39, 0.29) is 89.3 Å². The number of ether oxygens (including phenoxy) is 1. The van der Waals surface area contributed by atoms with Gasteiger partial charge in [0.2, 0.25) is 0 Å². The van der Waals surface area contributed by atoms with Crippen LogP contribution in [0.5, 0.6) is 11.5 Å². The molecule has 53 heavy (non-hydrogen) atoms. The van der Waals surface area contributed by atoms with Crippen molar-refractivity contribution in [1.29, 1.82) is 0 Å². The number of rotatable bonds is 5. The van der Waals surface area contributed by atoms with Crippen molar-refractivity contribution >= 4 is 79.2 Å². The van der Waals surface area contributed by atoms with Gasteiger partial charge in [0, 0.05) is 15.7 Å². The molecule has 0 saturated carbocycles. The molecule has 0 aliphatic carbocycles.